The van der Waals surface area contributed by atoms with E-state index in [0.29, 0.717) is 0 Å². The number of carboxylic acid groups (broad SMARTS) is 1. The standard InChI is InChI=1S/C9H15NO5/c1-5(2)8(9(14)15-3)10-6(11)4-7(12)13/h5,8H,4H2,1-3H3,(H,10,11)(H,12,13)/t8-/m0/s1. The zero-order valence-corrected chi connectivity index (χ0v) is 8.94. The Bertz CT molecular complexity index is 261. The Morgan fingerprint density at radius 1 is 1.33 bits per heavy atom. The Morgan fingerprint density at radius 3 is 2.20 bits per heavy atom. The normalized spacial score (nSPS) is 12.0. The summed E-state index contributed by atoms with van der Waals surface area (Å²) < 4.78 is 4.48. The van der Waals surface area contributed by atoms with Gasteiger partial charge in [0.05, 0.1) is 7.11 Å². The molecule has 0 aromatic rings. The van der Waals surface area contributed by atoms with Crippen LogP contribution in [0.2, 0.25) is 0 Å². The van der Waals surface area contributed by atoms with Crippen LogP contribution in [0.3, 0.4) is 0 Å². The average Bonchev–Trinajstić information content (AvgIpc) is 2.11. The Labute approximate surface area is 87.6 Å². The van der Waals surface area contributed by atoms with E-state index < -0.39 is 30.3 Å². The molecule has 86 valence electrons. The molecule has 0 aliphatic heterocycles. The number of aliphatic carboxylic acids is 1. The molecule has 0 bridgehead atoms. The molecule has 0 aliphatic carbocycles. The van der Waals surface area contributed by atoms with Gasteiger partial charge in [-0.2, -0.15) is 0 Å². The molecule has 1 amide bonds. The topological polar surface area (TPSA) is 92.7 Å². The molecule has 1 atom stereocenters. The number of carboxylic acids is 1. The van der Waals surface area contributed by atoms with Crippen molar-refractivity contribution in [3.05, 3.63) is 0 Å². The van der Waals surface area contributed by atoms with Gasteiger partial charge in [0.2, 0.25) is 5.91 Å². The zero-order valence-electron chi connectivity index (χ0n) is 8.94. The van der Waals surface area contributed by atoms with Crippen LogP contribution in [0.25, 0.3) is 0 Å². The summed E-state index contributed by atoms with van der Waals surface area (Å²) in [6.45, 7) is 3.45. The third-order valence-electron chi connectivity index (χ3n) is 1.75. The van der Waals surface area contributed by atoms with Crippen molar-refractivity contribution in [2.24, 2.45) is 5.92 Å². The zero-order chi connectivity index (χ0) is 12.0. The van der Waals surface area contributed by atoms with Crippen LogP contribution < -0.4 is 5.32 Å². The van der Waals surface area contributed by atoms with Crippen LogP contribution in [-0.4, -0.2) is 36.1 Å². The summed E-state index contributed by atoms with van der Waals surface area (Å²) in [6.07, 6.45) is -0.653. The maximum absolute atomic E-state index is 11.2. The molecule has 6 heteroatoms. The first-order chi connectivity index (χ1) is 6.88. The first-order valence-electron chi connectivity index (χ1n) is 4.47. The molecule has 0 heterocycles. The molecule has 6 nitrogen and oxygen atoms in total. The molecule has 0 aliphatic rings. The van der Waals surface area contributed by atoms with Crippen LogP contribution in [0.1, 0.15) is 20.3 Å². The second kappa shape index (κ2) is 6.00. The molecular formula is C9H15NO5. The molecule has 0 radical (unpaired) electrons. The molecule has 0 aromatic heterocycles. The maximum atomic E-state index is 11.2. The molecule has 0 unspecified atom stereocenters. The lowest BCUT2D eigenvalue weighted by atomic mass is 10.0. The smallest absolute Gasteiger partial charge is 0.328 e. The summed E-state index contributed by atoms with van der Waals surface area (Å²) in [7, 11) is 1.21. The van der Waals surface area contributed by atoms with E-state index in [4.69, 9.17) is 5.11 Å². The second-order valence-corrected chi connectivity index (χ2v) is 3.38. The Kier molecular flexibility index (Phi) is 5.36. The van der Waals surface area contributed by atoms with E-state index in [2.05, 4.69) is 10.1 Å². The number of hydrogen-bond donors (Lipinski definition) is 2. The van der Waals surface area contributed by atoms with Crippen LogP contribution in [0.15, 0.2) is 0 Å². The second-order valence-electron chi connectivity index (χ2n) is 3.38. The molecule has 15 heavy (non-hydrogen) atoms. The maximum Gasteiger partial charge on any atom is 0.328 e. The van der Waals surface area contributed by atoms with Gasteiger partial charge >= 0.3 is 11.9 Å². The Balaban J connectivity index is 4.35. The number of esters is 1. The third-order valence-corrected chi connectivity index (χ3v) is 1.75. The van der Waals surface area contributed by atoms with E-state index in [0.717, 1.165) is 0 Å². The number of rotatable bonds is 5. The van der Waals surface area contributed by atoms with E-state index >= 15 is 0 Å². The van der Waals surface area contributed by atoms with Gasteiger partial charge in [0.1, 0.15) is 12.5 Å². The number of methoxy groups -OCH3 is 1. The summed E-state index contributed by atoms with van der Waals surface area (Å²) in [5, 5.41) is 10.7. The van der Waals surface area contributed by atoms with Gasteiger partial charge in [-0.05, 0) is 5.92 Å². The van der Waals surface area contributed by atoms with Crippen molar-refractivity contribution in [2.45, 2.75) is 26.3 Å². The highest BCUT2D eigenvalue weighted by molar-refractivity contribution is 5.95. The quantitative estimate of drug-likeness (QED) is 0.490. The van der Waals surface area contributed by atoms with Crippen molar-refractivity contribution in [2.75, 3.05) is 7.11 Å². The fourth-order valence-corrected chi connectivity index (χ4v) is 0.987. The van der Waals surface area contributed by atoms with Crippen LogP contribution in [0.4, 0.5) is 0 Å². The number of carbonyl (C=O) groups excluding carboxylic acids is 2. The van der Waals surface area contributed by atoms with Crippen molar-refractivity contribution in [1.29, 1.82) is 0 Å². The number of amides is 1. The van der Waals surface area contributed by atoms with Crippen molar-refractivity contribution in [1.82, 2.24) is 5.32 Å². The van der Waals surface area contributed by atoms with Gasteiger partial charge in [-0.25, -0.2) is 4.79 Å². The predicted molar refractivity (Wildman–Crippen MR) is 51.0 cm³/mol. The van der Waals surface area contributed by atoms with E-state index in [9.17, 15) is 14.4 Å². The van der Waals surface area contributed by atoms with Gasteiger partial charge < -0.3 is 15.2 Å². The summed E-state index contributed by atoms with van der Waals surface area (Å²) in [5.41, 5.74) is 0. The molecule has 0 fully saturated rings. The lowest BCUT2D eigenvalue weighted by Crippen LogP contribution is -2.45. The minimum absolute atomic E-state index is 0.157. The summed E-state index contributed by atoms with van der Waals surface area (Å²) in [6, 6.07) is -0.804. The minimum Gasteiger partial charge on any atom is -0.481 e. The number of nitrogens with one attached hydrogen (secondary N) is 1. The van der Waals surface area contributed by atoms with Gasteiger partial charge in [0.15, 0.2) is 0 Å². The number of ether oxygens (including phenoxy) is 1. The monoisotopic (exact) mass is 217 g/mol. The minimum atomic E-state index is -1.24. The fraction of sp³-hybridized carbons (Fsp3) is 0.667. The largest absolute Gasteiger partial charge is 0.481 e. The van der Waals surface area contributed by atoms with Crippen molar-refractivity contribution in [3.63, 3.8) is 0 Å². The van der Waals surface area contributed by atoms with E-state index in [1.165, 1.54) is 7.11 Å². The number of hydrogen-bond acceptors (Lipinski definition) is 4. The van der Waals surface area contributed by atoms with Crippen molar-refractivity contribution < 1.29 is 24.2 Å². The highest BCUT2D eigenvalue weighted by Gasteiger charge is 2.25. The first kappa shape index (κ1) is 13.4. The van der Waals surface area contributed by atoms with Gasteiger partial charge in [-0.15, -0.1) is 0 Å². The molecule has 2 N–H and O–H groups in total. The third kappa shape index (κ3) is 4.99. The molecule has 0 saturated carbocycles. The molecular weight excluding hydrogens is 202 g/mol. The lowest BCUT2D eigenvalue weighted by Gasteiger charge is -2.19. The average molecular weight is 217 g/mol. The number of carbonyl (C=O) groups is 3. The van der Waals surface area contributed by atoms with Crippen LogP contribution >= 0.6 is 0 Å². The van der Waals surface area contributed by atoms with Crippen LogP contribution in [0, 0.1) is 5.92 Å². The van der Waals surface area contributed by atoms with Crippen molar-refractivity contribution in [3.8, 4) is 0 Å². The van der Waals surface area contributed by atoms with Gasteiger partial charge in [0.25, 0.3) is 0 Å². The van der Waals surface area contributed by atoms with Gasteiger partial charge in [0, 0.05) is 0 Å². The fourth-order valence-electron chi connectivity index (χ4n) is 0.987. The molecule has 0 spiro atoms. The highest BCUT2D eigenvalue weighted by Crippen LogP contribution is 2.03. The van der Waals surface area contributed by atoms with Crippen molar-refractivity contribution >= 4 is 17.8 Å². The predicted octanol–water partition coefficient (Wildman–Crippen LogP) is -0.225. The molecule has 0 saturated heterocycles. The Hall–Kier alpha value is -1.59. The van der Waals surface area contributed by atoms with Crippen LogP contribution in [0.5, 0.6) is 0 Å². The highest BCUT2D eigenvalue weighted by atomic mass is 16.5. The lowest BCUT2D eigenvalue weighted by molar-refractivity contribution is -0.148. The summed E-state index contributed by atoms with van der Waals surface area (Å²) in [5.74, 6) is -2.68. The van der Waals surface area contributed by atoms with Crippen LogP contribution in [-0.2, 0) is 19.1 Å². The summed E-state index contributed by atoms with van der Waals surface area (Å²) >= 11 is 0. The first-order valence-corrected chi connectivity index (χ1v) is 4.47. The molecule has 0 aromatic carbocycles. The summed E-state index contributed by atoms with van der Waals surface area (Å²) in [4.78, 5) is 32.5. The van der Waals surface area contributed by atoms with Gasteiger partial charge in [-0.1, -0.05) is 13.8 Å². The van der Waals surface area contributed by atoms with E-state index in [1.807, 2.05) is 0 Å². The van der Waals surface area contributed by atoms with E-state index in [1.54, 1.807) is 13.8 Å². The Morgan fingerprint density at radius 2 is 1.87 bits per heavy atom. The van der Waals surface area contributed by atoms with E-state index in [-0.39, 0.29) is 5.92 Å². The molecule has 0 rings (SSSR count). The van der Waals surface area contributed by atoms with Gasteiger partial charge in [-0.3, -0.25) is 9.59 Å². The SMILES string of the molecule is COC(=O)[C@@H](NC(=O)CC(=O)O)C(C)C.